The third kappa shape index (κ3) is 44.3. The first-order valence-electron chi connectivity index (χ1n) is 31.6. The summed E-state index contributed by atoms with van der Waals surface area (Å²) >= 11 is 0. The molecule has 0 aromatic heterocycles. The largest absolute Gasteiger partial charge is 0.479 e. The number of aliphatic carboxylic acids is 1. The number of carbonyl (C=O) groups excluding carboxylic acids is 3. The lowest BCUT2D eigenvalue weighted by atomic mass is 9.98. The summed E-state index contributed by atoms with van der Waals surface area (Å²) in [5, 5.41) is 31.5. The van der Waals surface area contributed by atoms with Crippen LogP contribution >= 0.6 is 0 Å². The minimum absolute atomic E-state index is 0.0443. The monoisotopic (exact) mass is 1110 g/mol. The minimum atomic E-state index is -1.91. The molecule has 1 aliphatic rings. The Morgan fingerprint density at radius 3 is 1.20 bits per heavy atom. The fraction of sp³-hybridized carbons (Fsp3) is 0.731. The van der Waals surface area contributed by atoms with E-state index in [1.807, 2.05) is 0 Å². The highest BCUT2D eigenvalue weighted by Gasteiger charge is 2.50. The molecule has 0 radical (unpaired) electrons. The van der Waals surface area contributed by atoms with E-state index < -0.39 is 67.3 Å². The number of unbranched alkanes of at least 4 members (excludes halogenated alkanes) is 25. The van der Waals surface area contributed by atoms with E-state index in [4.69, 9.17) is 23.7 Å². The second kappa shape index (κ2) is 54.5. The molecule has 452 valence electrons. The Hall–Kier alpha value is -4.10. The van der Waals surface area contributed by atoms with Crippen molar-refractivity contribution in [2.24, 2.45) is 0 Å². The Kier molecular flexibility index (Phi) is 50.3. The Bertz CT molecular complexity index is 1700. The van der Waals surface area contributed by atoms with Crippen LogP contribution in [0.3, 0.4) is 0 Å². The summed E-state index contributed by atoms with van der Waals surface area (Å²) in [6.45, 7) is 5.88. The van der Waals surface area contributed by atoms with E-state index >= 15 is 0 Å². The maximum Gasteiger partial charge on any atom is 0.335 e. The first-order chi connectivity index (χ1) is 38.6. The summed E-state index contributed by atoms with van der Waals surface area (Å²) < 4.78 is 28.4. The Morgan fingerprint density at radius 2 is 0.772 bits per heavy atom. The van der Waals surface area contributed by atoms with Crippen molar-refractivity contribution in [2.75, 3.05) is 13.2 Å². The molecule has 0 aromatic carbocycles. The molecule has 0 spiro atoms. The van der Waals surface area contributed by atoms with Gasteiger partial charge < -0.3 is 39.0 Å². The molecule has 6 atom stereocenters. The van der Waals surface area contributed by atoms with E-state index in [1.54, 1.807) is 0 Å². The van der Waals surface area contributed by atoms with Crippen molar-refractivity contribution in [1.29, 1.82) is 0 Å². The van der Waals surface area contributed by atoms with Gasteiger partial charge in [-0.2, -0.15) is 0 Å². The van der Waals surface area contributed by atoms with Crippen molar-refractivity contribution in [3.8, 4) is 0 Å². The molecular formula is C67H112O12. The van der Waals surface area contributed by atoms with Crippen LogP contribution < -0.4 is 0 Å². The van der Waals surface area contributed by atoms with Gasteiger partial charge in [-0.3, -0.25) is 14.4 Å². The minimum Gasteiger partial charge on any atom is -0.479 e. The molecule has 0 aliphatic carbocycles. The summed E-state index contributed by atoms with van der Waals surface area (Å²) in [6.07, 6.45) is 58.3. The number of carbonyl (C=O) groups is 4. The Balaban J connectivity index is 2.68. The van der Waals surface area contributed by atoms with Gasteiger partial charge >= 0.3 is 23.9 Å². The molecule has 0 saturated carbocycles. The van der Waals surface area contributed by atoms with Crippen LogP contribution in [0, 0.1) is 0 Å². The molecule has 1 fully saturated rings. The molecule has 6 unspecified atom stereocenters. The predicted octanol–water partition coefficient (Wildman–Crippen LogP) is 16.7. The highest BCUT2D eigenvalue weighted by atomic mass is 16.7. The molecule has 1 aliphatic heterocycles. The molecule has 1 heterocycles. The number of rotatable bonds is 53. The SMILES string of the molecule is CCCC/C=C\CCCCCCCC(=O)OC1C(OCC(COC(=O)CCCCCCCC/C=C\C/C=C\C/C=C\CCCCC)OC(=O)CCCCCCCC/C=C\C/C=C\C/C=C\CCCCC)OC(C(=O)O)C(O)C1O. The molecular weight excluding hydrogens is 997 g/mol. The number of hydrogen-bond donors (Lipinski definition) is 3. The number of aliphatic hydroxyl groups is 2. The third-order valence-electron chi connectivity index (χ3n) is 13.9. The first-order valence-corrected chi connectivity index (χ1v) is 31.6. The second-order valence-corrected chi connectivity index (χ2v) is 21.3. The van der Waals surface area contributed by atoms with Crippen molar-refractivity contribution in [3.63, 3.8) is 0 Å². The topological polar surface area (TPSA) is 175 Å². The van der Waals surface area contributed by atoms with Crippen LogP contribution in [0.15, 0.2) is 85.1 Å². The smallest absolute Gasteiger partial charge is 0.335 e. The lowest BCUT2D eigenvalue weighted by Crippen LogP contribution is -2.61. The standard InChI is InChI=1S/C67H112O12/c1-4-7-10-13-16-19-22-24-26-28-30-32-34-36-39-41-44-47-50-53-59(68)75-56-58(77-60(69)54-51-48-45-43-40-37-35-33-31-29-27-25-23-20-17-14-11-8-5-2)57-76-67-65(63(72)62(71)64(79-67)66(73)74)78-61(70)55-52-49-46-42-38-21-18-15-12-9-6-3/h15-20,24-27,30-33,58,62-65,67,71-72H,4-14,21-23,28-29,34-57H2,1-3H3,(H,73,74)/b18-15-,19-16-,20-17-,26-24-,27-25-,32-30-,33-31-. The summed E-state index contributed by atoms with van der Waals surface area (Å²) in [6, 6.07) is 0. The molecule has 1 saturated heterocycles. The lowest BCUT2D eigenvalue weighted by molar-refractivity contribution is -0.301. The molecule has 0 aromatic rings. The Morgan fingerprint density at radius 1 is 0.418 bits per heavy atom. The van der Waals surface area contributed by atoms with Crippen molar-refractivity contribution in [1.82, 2.24) is 0 Å². The number of esters is 3. The molecule has 1 rings (SSSR count). The van der Waals surface area contributed by atoms with E-state index in [2.05, 4.69) is 106 Å². The van der Waals surface area contributed by atoms with E-state index in [0.29, 0.717) is 19.3 Å². The summed E-state index contributed by atoms with van der Waals surface area (Å²) in [4.78, 5) is 51.2. The third-order valence-corrected chi connectivity index (χ3v) is 13.9. The van der Waals surface area contributed by atoms with Crippen molar-refractivity contribution >= 4 is 23.9 Å². The quantitative estimate of drug-likeness (QED) is 0.0228. The average Bonchev–Trinajstić information content (AvgIpc) is 3.44. The van der Waals surface area contributed by atoms with Crippen LogP contribution in [0.25, 0.3) is 0 Å². The molecule has 12 nitrogen and oxygen atoms in total. The zero-order valence-electron chi connectivity index (χ0n) is 49.8. The van der Waals surface area contributed by atoms with Crippen molar-refractivity contribution in [2.45, 2.75) is 302 Å². The number of ether oxygens (including phenoxy) is 5. The first kappa shape index (κ1) is 72.9. The molecule has 79 heavy (non-hydrogen) atoms. The fourth-order valence-electron chi connectivity index (χ4n) is 9.01. The predicted molar refractivity (Wildman–Crippen MR) is 321 cm³/mol. The number of carboxylic acids is 1. The second-order valence-electron chi connectivity index (χ2n) is 21.3. The van der Waals surface area contributed by atoms with Gasteiger partial charge in [-0.15, -0.1) is 0 Å². The normalized spacial score (nSPS) is 18.4. The van der Waals surface area contributed by atoms with E-state index in [-0.39, 0.29) is 25.9 Å². The highest BCUT2D eigenvalue weighted by Crippen LogP contribution is 2.26. The Labute approximate surface area is 480 Å². The van der Waals surface area contributed by atoms with E-state index in [9.17, 15) is 34.5 Å². The lowest BCUT2D eigenvalue weighted by Gasteiger charge is -2.40. The van der Waals surface area contributed by atoms with E-state index in [1.165, 1.54) is 64.2 Å². The summed E-state index contributed by atoms with van der Waals surface area (Å²) in [5.41, 5.74) is 0. The van der Waals surface area contributed by atoms with Gasteiger partial charge in [0.2, 0.25) is 0 Å². The van der Waals surface area contributed by atoms with Gasteiger partial charge in [0.1, 0.15) is 18.8 Å². The molecule has 3 N–H and O–H groups in total. The number of carboxylic acid groups (broad SMARTS) is 1. The summed E-state index contributed by atoms with van der Waals surface area (Å²) in [5.74, 6) is -3.16. The maximum atomic E-state index is 13.2. The average molecular weight is 1110 g/mol. The summed E-state index contributed by atoms with van der Waals surface area (Å²) in [7, 11) is 0. The van der Waals surface area contributed by atoms with Crippen LogP contribution in [-0.2, 0) is 42.9 Å². The van der Waals surface area contributed by atoms with Gasteiger partial charge in [-0.05, 0) is 116 Å². The molecule has 0 amide bonds. The molecule has 0 bridgehead atoms. The number of aliphatic hydroxyl groups excluding tert-OH is 2. The van der Waals surface area contributed by atoms with Crippen LogP contribution in [0.5, 0.6) is 0 Å². The van der Waals surface area contributed by atoms with Crippen molar-refractivity contribution in [3.05, 3.63) is 85.1 Å². The van der Waals surface area contributed by atoms with Gasteiger partial charge in [0, 0.05) is 19.3 Å². The maximum absolute atomic E-state index is 13.2. The van der Waals surface area contributed by atoms with Gasteiger partial charge in [0.15, 0.2) is 24.6 Å². The van der Waals surface area contributed by atoms with Crippen LogP contribution in [-0.4, -0.2) is 89.2 Å². The van der Waals surface area contributed by atoms with Crippen LogP contribution in [0.4, 0.5) is 0 Å². The molecule has 12 heteroatoms. The van der Waals surface area contributed by atoms with E-state index in [0.717, 1.165) is 141 Å². The fourth-order valence-corrected chi connectivity index (χ4v) is 9.01. The zero-order chi connectivity index (χ0) is 57.5. The van der Waals surface area contributed by atoms with Crippen molar-refractivity contribution < 1.29 is 58.2 Å². The van der Waals surface area contributed by atoms with Gasteiger partial charge in [-0.1, -0.05) is 215 Å². The van der Waals surface area contributed by atoms with Gasteiger partial charge in [-0.25, -0.2) is 4.79 Å². The zero-order valence-corrected chi connectivity index (χ0v) is 49.8. The van der Waals surface area contributed by atoms with Gasteiger partial charge in [0.05, 0.1) is 6.61 Å². The van der Waals surface area contributed by atoms with Crippen LogP contribution in [0.2, 0.25) is 0 Å². The number of allylic oxidation sites excluding steroid dienone is 14. The van der Waals surface area contributed by atoms with Gasteiger partial charge in [0.25, 0.3) is 0 Å². The van der Waals surface area contributed by atoms with Crippen LogP contribution in [0.1, 0.15) is 265 Å². The highest BCUT2D eigenvalue weighted by molar-refractivity contribution is 5.74. The number of hydrogen-bond acceptors (Lipinski definition) is 11.